The maximum atomic E-state index is 12.4. The van der Waals surface area contributed by atoms with E-state index in [0.29, 0.717) is 5.92 Å². The van der Waals surface area contributed by atoms with Gasteiger partial charge in [0.05, 0.1) is 7.11 Å². The lowest BCUT2D eigenvalue weighted by atomic mass is 9.96. The smallest absolute Gasteiger partial charge is 0.321 e. The highest BCUT2D eigenvalue weighted by Crippen LogP contribution is 2.21. The van der Waals surface area contributed by atoms with Gasteiger partial charge in [-0.1, -0.05) is 19.9 Å². The van der Waals surface area contributed by atoms with Crippen LogP contribution in [-0.4, -0.2) is 55.7 Å². The number of ether oxygens (including phenoxy) is 1. The predicted octanol–water partition coefficient (Wildman–Crippen LogP) is 3.28. The molecule has 5 heteroatoms. The molecule has 0 atom stereocenters. The van der Waals surface area contributed by atoms with Crippen molar-refractivity contribution in [2.75, 3.05) is 45.2 Å². The van der Waals surface area contributed by atoms with Gasteiger partial charge in [-0.3, -0.25) is 0 Å². The Morgan fingerprint density at radius 3 is 2.61 bits per heavy atom. The van der Waals surface area contributed by atoms with E-state index in [1.165, 1.54) is 0 Å². The van der Waals surface area contributed by atoms with Crippen LogP contribution in [0.5, 0.6) is 5.75 Å². The summed E-state index contributed by atoms with van der Waals surface area (Å²) in [6.07, 6.45) is 2.17. The second-order valence-electron chi connectivity index (χ2n) is 6.08. The summed E-state index contributed by atoms with van der Waals surface area (Å²) in [6.45, 7) is 9.45. The fourth-order valence-corrected chi connectivity index (χ4v) is 3.07. The summed E-state index contributed by atoms with van der Waals surface area (Å²) < 4.78 is 5.18. The maximum absolute atomic E-state index is 12.4. The molecule has 1 aliphatic heterocycles. The van der Waals surface area contributed by atoms with E-state index >= 15 is 0 Å². The van der Waals surface area contributed by atoms with Crippen molar-refractivity contribution in [3.8, 4) is 5.75 Å². The number of amides is 2. The fraction of sp³-hybridized carbons (Fsp3) is 0.611. The first-order valence-corrected chi connectivity index (χ1v) is 8.58. The third-order valence-corrected chi connectivity index (χ3v) is 4.63. The first-order chi connectivity index (χ1) is 11.2. The number of likely N-dealkylation sites (tertiary alicyclic amines) is 1. The second-order valence-corrected chi connectivity index (χ2v) is 6.08. The highest BCUT2D eigenvalue weighted by molar-refractivity contribution is 5.89. The number of nitrogens with one attached hydrogen (secondary N) is 1. The number of piperidine rings is 1. The van der Waals surface area contributed by atoms with Crippen molar-refractivity contribution in [1.29, 1.82) is 0 Å². The van der Waals surface area contributed by atoms with E-state index in [9.17, 15) is 4.79 Å². The van der Waals surface area contributed by atoms with E-state index in [0.717, 1.165) is 57.0 Å². The SMILES string of the molecule is CCN(CC)CC1CCN(C(=O)Nc2cccc(OC)c2)CC1. The van der Waals surface area contributed by atoms with Gasteiger partial charge in [0.2, 0.25) is 0 Å². The average molecular weight is 319 g/mol. The van der Waals surface area contributed by atoms with Crippen LogP contribution in [0.2, 0.25) is 0 Å². The molecule has 1 aromatic rings. The number of anilines is 1. The van der Waals surface area contributed by atoms with Crippen LogP contribution in [-0.2, 0) is 0 Å². The Balaban J connectivity index is 1.81. The van der Waals surface area contributed by atoms with Gasteiger partial charge in [-0.25, -0.2) is 4.79 Å². The number of hydrogen-bond donors (Lipinski definition) is 1. The molecule has 0 spiro atoms. The Morgan fingerprint density at radius 2 is 2.00 bits per heavy atom. The molecule has 5 nitrogen and oxygen atoms in total. The highest BCUT2D eigenvalue weighted by Gasteiger charge is 2.23. The molecule has 0 radical (unpaired) electrons. The number of methoxy groups -OCH3 is 1. The van der Waals surface area contributed by atoms with Gasteiger partial charge in [-0.2, -0.15) is 0 Å². The number of hydrogen-bond acceptors (Lipinski definition) is 3. The van der Waals surface area contributed by atoms with E-state index in [1.54, 1.807) is 7.11 Å². The van der Waals surface area contributed by atoms with E-state index in [1.807, 2.05) is 29.2 Å². The Hall–Kier alpha value is -1.75. The van der Waals surface area contributed by atoms with E-state index in [2.05, 4.69) is 24.1 Å². The zero-order valence-corrected chi connectivity index (χ0v) is 14.5. The van der Waals surface area contributed by atoms with Gasteiger partial charge in [-0.15, -0.1) is 0 Å². The zero-order valence-electron chi connectivity index (χ0n) is 14.5. The van der Waals surface area contributed by atoms with Crippen molar-refractivity contribution >= 4 is 11.7 Å². The molecular formula is C18H29N3O2. The van der Waals surface area contributed by atoms with Crippen molar-refractivity contribution < 1.29 is 9.53 Å². The summed E-state index contributed by atoms with van der Waals surface area (Å²) >= 11 is 0. The third kappa shape index (κ3) is 5.13. The van der Waals surface area contributed by atoms with E-state index in [4.69, 9.17) is 4.74 Å². The minimum Gasteiger partial charge on any atom is -0.497 e. The van der Waals surface area contributed by atoms with E-state index in [-0.39, 0.29) is 6.03 Å². The summed E-state index contributed by atoms with van der Waals surface area (Å²) in [5, 5.41) is 2.96. The van der Waals surface area contributed by atoms with Gasteiger partial charge in [0, 0.05) is 31.4 Å². The van der Waals surface area contributed by atoms with Gasteiger partial charge in [0.15, 0.2) is 0 Å². The first-order valence-electron chi connectivity index (χ1n) is 8.58. The van der Waals surface area contributed by atoms with Gasteiger partial charge in [-0.05, 0) is 44.0 Å². The summed E-state index contributed by atoms with van der Waals surface area (Å²) in [6, 6.07) is 7.46. The van der Waals surface area contributed by atoms with Crippen molar-refractivity contribution in [3.05, 3.63) is 24.3 Å². The molecule has 1 heterocycles. The number of carbonyl (C=O) groups excluding carboxylic acids is 1. The zero-order chi connectivity index (χ0) is 16.7. The summed E-state index contributed by atoms with van der Waals surface area (Å²) in [5.74, 6) is 1.46. The molecule has 0 aromatic heterocycles. The Kier molecular flexibility index (Phi) is 6.71. The van der Waals surface area contributed by atoms with E-state index < -0.39 is 0 Å². The maximum Gasteiger partial charge on any atom is 0.321 e. The number of rotatable bonds is 6. The first kappa shape index (κ1) is 17.6. The third-order valence-electron chi connectivity index (χ3n) is 4.63. The van der Waals surface area contributed by atoms with Crippen LogP contribution in [0.25, 0.3) is 0 Å². The van der Waals surface area contributed by atoms with Crippen molar-refractivity contribution in [3.63, 3.8) is 0 Å². The largest absolute Gasteiger partial charge is 0.497 e. The van der Waals surface area contributed by atoms with Crippen LogP contribution < -0.4 is 10.1 Å². The molecule has 0 unspecified atom stereocenters. The second kappa shape index (κ2) is 8.77. The molecule has 128 valence electrons. The highest BCUT2D eigenvalue weighted by atomic mass is 16.5. The molecule has 1 fully saturated rings. The van der Waals surface area contributed by atoms with Gasteiger partial charge >= 0.3 is 6.03 Å². The molecular weight excluding hydrogens is 290 g/mol. The summed E-state index contributed by atoms with van der Waals surface area (Å²) in [7, 11) is 1.63. The topological polar surface area (TPSA) is 44.8 Å². The van der Waals surface area contributed by atoms with Crippen LogP contribution in [0.15, 0.2) is 24.3 Å². The fourth-order valence-electron chi connectivity index (χ4n) is 3.07. The van der Waals surface area contributed by atoms with Crippen molar-refractivity contribution in [2.45, 2.75) is 26.7 Å². The monoisotopic (exact) mass is 319 g/mol. The number of carbonyl (C=O) groups is 1. The molecule has 2 amide bonds. The molecule has 0 saturated carbocycles. The van der Waals surface area contributed by atoms with Crippen molar-refractivity contribution in [1.82, 2.24) is 9.80 Å². The molecule has 1 saturated heterocycles. The molecule has 2 rings (SSSR count). The van der Waals surface area contributed by atoms with Crippen molar-refractivity contribution in [2.24, 2.45) is 5.92 Å². The Labute approximate surface area is 139 Å². The molecule has 1 N–H and O–H groups in total. The number of urea groups is 1. The average Bonchev–Trinajstić information content (AvgIpc) is 2.60. The van der Waals surface area contributed by atoms with Gasteiger partial charge < -0.3 is 19.9 Å². The molecule has 1 aliphatic rings. The number of benzene rings is 1. The quantitative estimate of drug-likeness (QED) is 0.875. The summed E-state index contributed by atoms with van der Waals surface area (Å²) in [4.78, 5) is 16.8. The van der Waals surface area contributed by atoms with Crippen LogP contribution >= 0.6 is 0 Å². The normalized spacial score (nSPS) is 15.7. The lowest BCUT2D eigenvalue weighted by Gasteiger charge is -2.34. The molecule has 0 aliphatic carbocycles. The molecule has 23 heavy (non-hydrogen) atoms. The Morgan fingerprint density at radius 1 is 1.30 bits per heavy atom. The van der Waals surface area contributed by atoms with Crippen LogP contribution in [0.1, 0.15) is 26.7 Å². The van der Waals surface area contributed by atoms with Crippen LogP contribution in [0, 0.1) is 5.92 Å². The summed E-state index contributed by atoms with van der Waals surface area (Å²) in [5.41, 5.74) is 0.777. The minimum absolute atomic E-state index is 0.0143. The van der Waals surface area contributed by atoms with Gasteiger partial charge in [0.25, 0.3) is 0 Å². The lowest BCUT2D eigenvalue weighted by molar-refractivity contribution is 0.158. The lowest BCUT2D eigenvalue weighted by Crippen LogP contribution is -2.43. The molecule has 0 bridgehead atoms. The predicted molar refractivity (Wildman–Crippen MR) is 94.1 cm³/mol. The minimum atomic E-state index is -0.0143. The molecule has 1 aromatic carbocycles. The number of nitrogens with zero attached hydrogens (tertiary/aromatic N) is 2. The Bertz CT molecular complexity index is 495. The standard InChI is InChI=1S/C18H29N3O2/c1-4-20(5-2)14-15-9-11-21(12-10-15)18(22)19-16-7-6-8-17(13-16)23-3/h6-8,13,15H,4-5,9-12,14H2,1-3H3,(H,19,22). The van der Waals surface area contributed by atoms with Crippen LogP contribution in [0.3, 0.4) is 0 Å². The van der Waals surface area contributed by atoms with Crippen LogP contribution in [0.4, 0.5) is 10.5 Å². The van der Waals surface area contributed by atoms with Gasteiger partial charge in [0.1, 0.15) is 5.75 Å².